The van der Waals surface area contributed by atoms with Crippen LogP contribution in [0.15, 0.2) is 54.6 Å². The molecule has 1 saturated heterocycles. The van der Waals surface area contributed by atoms with E-state index < -0.39 is 6.10 Å². The number of morpholine rings is 1. The first kappa shape index (κ1) is 18.4. The van der Waals surface area contributed by atoms with Gasteiger partial charge in [-0.2, -0.15) is 0 Å². The van der Waals surface area contributed by atoms with Crippen LogP contribution in [0.2, 0.25) is 0 Å². The third kappa shape index (κ3) is 5.29. The summed E-state index contributed by atoms with van der Waals surface area (Å²) in [5.41, 5.74) is 1.16. The first-order valence-electron chi connectivity index (χ1n) is 8.79. The number of carbonyl (C=O) groups excluding carboxylic acids is 1. The Morgan fingerprint density at radius 1 is 1.12 bits per heavy atom. The maximum atomic E-state index is 12.5. The van der Waals surface area contributed by atoms with Gasteiger partial charge in [0, 0.05) is 25.3 Å². The second kappa shape index (κ2) is 9.33. The molecule has 0 radical (unpaired) electrons. The summed E-state index contributed by atoms with van der Waals surface area (Å²) < 4.78 is 11.0. The fourth-order valence-corrected chi connectivity index (χ4v) is 2.82. The molecule has 1 atom stereocenters. The van der Waals surface area contributed by atoms with E-state index >= 15 is 0 Å². The van der Waals surface area contributed by atoms with Crippen molar-refractivity contribution in [2.24, 2.45) is 0 Å². The molecule has 2 aromatic carbocycles. The molecule has 1 fully saturated rings. The van der Waals surface area contributed by atoms with E-state index in [1.54, 1.807) is 18.2 Å². The van der Waals surface area contributed by atoms with Crippen LogP contribution in [-0.4, -0.2) is 61.5 Å². The van der Waals surface area contributed by atoms with Crippen molar-refractivity contribution in [3.8, 4) is 5.75 Å². The van der Waals surface area contributed by atoms with Crippen molar-refractivity contribution >= 4 is 11.6 Å². The molecule has 26 heavy (non-hydrogen) atoms. The van der Waals surface area contributed by atoms with Crippen molar-refractivity contribution in [2.75, 3.05) is 44.8 Å². The summed E-state index contributed by atoms with van der Waals surface area (Å²) in [7, 11) is 0. The first-order chi connectivity index (χ1) is 12.7. The minimum absolute atomic E-state index is 0.132. The smallest absolute Gasteiger partial charge is 0.259 e. The molecule has 6 nitrogen and oxygen atoms in total. The number of ether oxygens (including phenoxy) is 2. The number of carbonyl (C=O) groups is 1. The molecule has 138 valence electrons. The van der Waals surface area contributed by atoms with Crippen LogP contribution in [0.3, 0.4) is 0 Å². The number of rotatable bonds is 7. The summed E-state index contributed by atoms with van der Waals surface area (Å²) in [4.78, 5) is 14.7. The highest BCUT2D eigenvalue weighted by molar-refractivity contribution is 6.06. The first-order valence-corrected chi connectivity index (χ1v) is 8.79. The number of nitrogens with zero attached hydrogens (tertiary/aromatic N) is 1. The van der Waals surface area contributed by atoms with E-state index in [9.17, 15) is 9.90 Å². The average Bonchev–Trinajstić information content (AvgIpc) is 2.68. The van der Waals surface area contributed by atoms with Gasteiger partial charge in [-0.1, -0.05) is 30.3 Å². The molecular formula is C20H24N2O4. The largest absolute Gasteiger partial charge is 0.490 e. The Kier molecular flexibility index (Phi) is 6.60. The minimum atomic E-state index is -0.627. The highest BCUT2D eigenvalue weighted by Crippen LogP contribution is 2.20. The number of aliphatic hydroxyl groups excluding tert-OH is 1. The molecule has 0 aliphatic carbocycles. The van der Waals surface area contributed by atoms with E-state index in [-0.39, 0.29) is 12.5 Å². The van der Waals surface area contributed by atoms with Crippen LogP contribution in [0.25, 0.3) is 0 Å². The number of nitrogens with one attached hydrogen (secondary N) is 1. The number of hydrogen-bond donors (Lipinski definition) is 2. The van der Waals surface area contributed by atoms with E-state index in [1.165, 1.54) is 0 Å². The van der Waals surface area contributed by atoms with Gasteiger partial charge in [0.15, 0.2) is 0 Å². The predicted octanol–water partition coefficient (Wildman–Crippen LogP) is 2.01. The van der Waals surface area contributed by atoms with Gasteiger partial charge >= 0.3 is 0 Å². The molecular weight excluding hydrogens is 332 g/mol. The topological polar surface area (TPSA) is 71.0 Å². The number of amides is 1. The fraction of sp³-hybridized carbons (Fsp3) is 0.350. The van der Waals surface area contributed by atoms with Crippen molar-refractivity contribution in [3.05, 3.63) is 60.2 Å². The molecule has 1 unspecified atom stereocenters. The zero-order valence-corrected chi connectivity index (χ0v) is 14.6. The second-order valence-corrected chi connectivity index (χ2v) is 6.19. The van der Waals surface area contributed by atoms with Gasteiger partial charge in [0.2, 0.25) is 0 Å². The number of para-hydroxylation sites is 2. The lowest BCUT2D eigenvalue weighted by Gasteiger charge is -2.28. The summed E-state index contributed by atoms with van der Waals surface area (Å²) in [6.45, 7) is 3.67. The van der Waals surface area contributed by atoms with Crippen molar-refractivity contribution in [1.29, 1.82) is 0 Å². The standard InChI is InChI=1S/C20H24N2O4/c23-17(14-22-10-12-25-13-11-22)15-26-19-9-5-4-8-18(19)20(24)21-16-6-2-1-3-7-16/h1-9,17,23H,10-15H2,(H,21,24). The third-order valence-electron chi connectivity index (χ3n) is 4.17. The van der Waals surface area contributed by atoms with Gasteiger partial charge in [0.05, 0.1) is 18.8 Å². The summed E-state index contributed by atoms with van der Waals surface area (Å²) in [6.07, 6.45) is -0.627. The fourth-order valence-electron chi connectivity index (χ4n) is 2.82. The number of anilines is 1. The van der Waals surface area contributed by atoms with Crippen LogP contribution < -0.4 is 10.1 Å². The van der Waals surface area contributed by atoms with E-state index in [4.69, 9.17) is 9.47 Å². The molecule has 3 rings (SSSR count). The van der Waals surface area contributed by atoms with Crippen molar-refractivity contribution in [1.82, 2.24) is 4.90 Å². The Balaban J connectivity index is 1.57. The number of hydrogen-bond acceptors (Lipinski definition) is 5. The van der Waals surface area contributed by atoms with Crippen LogP contribution in [0.4, 0.5) is 5.69 Å². The van der Waals surface area contributed by atoms with Gasteiger partial charge in [-0.15, -0.1) is 0 Å². The van der Waals surface area contributed by atoms with Gasteiger partial charge in [-0.3, -0.25) is 9.69 Å². The molecule has 1 amide bonds. The molecule has 0 spiro atoms. The molecule has 0 saturated carbocycles. The third-order valence-corrected chi connectivity index (χ3v) is 4.17. The Labute approximate surface area is 153 Å². The SMILES string of the molecule is O=C(Nc1ccccc1)c1ccccc1OCC(O)CN1CCOCC1. The lowest BCUT2D eigenvalue weighted by Crippen LogP contribution is -2.42. The number of benzene rings is 2. The van der Waals surface area contributed by atoms with Crippen molar-refractivity contribution < 1.29 is 19.4 Å². The molecule has 1 aliphatic rings. The zero-order valence-electron chi connectivity index (χ0n) is 14.6. The van der Waals surface area contributed by atoms with Crippen LogP contribution in [0.1, 0.15) is 10.4 Å². The van der Waals surface area contributed by atoms with Gasteiger partial charge in [0.25, 0.3) is 5.91 Å². The van der Waals surface area contributed by atoms with E-state index in [2.05, 4.69) is 10.2 Å². The average molecular weight is 356 g/mol. The second-order valence-electron chi connectivity index (χ2n) is 6.19. The van der Waals surface area contributed by atoms with Gasteiger partial charge in [-0.05, 0) is 24.3 Å². The predicted molar refractivity (Wildman–Crippen MR) is 99.6 cm³/mol. The Bertz CT molecular complexity index is 702. The zero-order chi connectivity index (χ0) is 18.2. The Morgan fingerprint density at radius 2 is 1.81 bits per heavy atom. The summed E-state index contributed by atoms with van der Waals surface area (Å²) in [6, 6.07) is 16.3. The van der Waals surface area contributed by atoms with Crippen LogP contribution in [-0.2, 0) is 4.74 Å². The molecule has 1 heterocycles. The lowest BCUT2D eigenvalue weighted by atomic mass is 10.2. The molecule has 2 N–H and O–H groups in total. The van der Waals surface area contributed by atoms with E-state index in [0.29, 0.717) is 31.1 Å². The normalized spacial score (nSPS) is 16.0. The maximum absolute atomic E-state index is 12.5. The molecule has 1 aliphatic heterocycles. The van der Waals surface area contributed by atoms with E-state index in [1.807, 2.05) is 36.4 Å². The monoisotopic (exact) mass is 356 g/mol. The minimum Gasteiger partial charge on any atom is -0.490 e. The summed E-state index contributed by atoms with van der Waals surface area (Å²) in [5.74, 6) is 0.219. The highest BCUT2D eigenvalue weighted by Gasteiger charge is 2.17. The molecule has 2 aromatic rings. The van der Waals surface area contributed by atoms with Gasteiger partial charge < -0.3 is 19.9 Å². The summed E-state index contributed by atoms with van der Waals surface area (Å²) in [5, 5.41) is 13.1. The van der Waals surface area contributed by atoms with Crippen molar-refractivity contribution in [3.63, 3.8) is 0 Å². The lowest BCUT2D eigenvalue weighted by molar-refractivity contribution is 0.00458. The van der Waals surface area contributed by atoms with Crippen LogP contribution >= 0.6 is 0 Å². The van der Waals surface area contributed by atoms with Gasteiger partial charge in [0.1, 0.15) is 18.5 Å². The van der Waals surface area contributed by atoms with Gasteiger partial charge in [-0.25, -0.2) is 0 Å². The molecule has 0 bridgehead atoms. The highest BCUT2D eigenvalue weighted by atomic mass is 16.5. The summed E-state index contributed by atoms with van der Waals surface area (Å²) >= 11 is 0. The van der Waals surface area contributed by atoms with E-state index in [0.717, 1.165) is 18.8 Å². The number of β-amino-alcohol motifs (C(OH)–C–C–N with tert-alkyl or cyclic N) is 1. The number of aliphatic hydroxyl groups is 1. The molecule has 6 heteroatoms. The van der Waals surface area contributed by atoms with Crippen LogP contribution in [0.5, 0.6) is 5.75 Å². The Hall–Kier alpha value is -2.41. The van der Waals surface area contributed by atoms with Crippen molar-refractivity contribution in [2.45, 2.75) is 6.10 Å². The Morgan fingerprint density at radius 3 is 2.58 bits per heavy atom. The molecule has 0 aromatic heterocycles. The van der Waals surface area contributed by atoms with Crippen LogP contribution in [0, 0.1) is 0 Å². The maximum Gasteiger partial charge on any atom is 0.259 e. The quantitative estimate of drug-likeness (QED) is 0.794.